The molecule has 6 aromatic rings. The highest BCUT2D eigenvalue weighted by atomic mass is 35.5. The molecular formula is C68H84ClN7O16. The summed E-state index contributed by atoms with van der Waals surface area (Å²) in [7, 11) is 9.34. The van der Waals surface area contributed by atoms with Crippen LogP contribution < -0.4 is 43.8 Å². The molecule has 5 aromatic carbocycles. The first-order chi connectivity index (χ1) is 44.8. The fourth-order valence-corrected chi connectivity index (χ4v) is 11.2. The molecule has 23 nitrogen and oxygen atoms in total. The molecule has 24 heteroatoms. The van der Waals surface area contributed by atoms with Crippen molar-refractivity contribution < 1.29 is 76.0 Å². The maximum Gasteiger partial charge on any atom is 0.329 e. The Kier molecular flexibility index (Phi) is 26.7. The van der Waals surface area contributed by atoms with E-state index in [2.05, 4.69) is 20.8 Å². The number of methoxy groups -OCH3 is 6. The molecule has 0 radical (unpaired) electrons. The van der Waals surface area contributed by atoms with E-state index in [1.807, 2.05) is 73.0 Å². The molecule has 3 amide bonds. The van der Waals surface area contributed by atoms with Gasteiger partial charge in [0.15, 0.2) is 35.4 Å². The average molecular weight is 1290 g/mol. The molecule has 0 saturated carbocycles. The SMILES string of the molecule is CC[C@H](C(=O)N1CCCC[C@H]1C(=O)O[C@H](CCc1ccc(OC)c(OC)c1)c1cccc(OCC(=O)NCCOCCOCCOCCOCCNC(=O)C[C@@H]2N=C(c3ccc(Cl)cc3)c3cc(OC)ccc3-n3c(C)nnc32)c1)c1cc(OC)c(OC)c(OC)c1. The van der Waals surface area contributed by atoms with Gasteiger partial charge in [0.2, 0.25) is 17.6 Å². The number of nitrogens with zero attached hydrogens (tertiary/aromatic N) is 5. The van der Waals surface area contributed by atoms with Crippen LogP contribution >= 0.6 is 11.6 Å². The first-order valence-corrected chi connectivity index (χ1v) is 31.2. The number of halogens is 1. The van der Waals surface area contributed by atoms with E-state index in [1.54, 1.807) is 68.7 Å². The van der Waals surface area contributed by atoms with Crippen LogP contribution in [0.1, 0.15) is 103 Å². The van der Waals surface area contributed by atoms with Gasteiger partial charge in [-0.2, -0.15) is 0 Å². The van der Waals surface area contributed by atoms with Crippen molar-refractivity contribution in [2.75, 3.05) is 122 Å². The summed E-state index contributed by atoms with van der Waals surface area (Å²) in [4.78, 5) is 62.1. The number of aryl methyl sites for hydroxylation is 2. The Hall–Kier alpha value is -8.48. The minimum absolute atomic E-state index is 0.0345. The van der Waals surface area contributed by atoms with Gasteiger partial charge in [0.1, 0.15) is 35.5 Å². The summed E-state index contributed by atoms with van der Waals surface area (Å²) in [5.74, 6) is 2.85. The molecule has 2 N–H and O–H groups in total. The van der Waals surface area contributed by atoms with Crippen molar-refractivity contribution in [1.29, 1.82) is 0 Å². The molecule has 92 heavy (non-hydrogen) atoms. The minimum atomic E-state index is -0.822. The van der Waals surface area contributed by atoms with Gasteiger partial charge in [0.05, 0.1) is 119 Å². The second-order valence-electron chi connectivity index (χ2n) is 21.7. The third kappa shape index (κ3) is 18.6. The van der Waals surface area contributed by atoms with Gasteiger partial charge < -0.3 is 72.4 Å². The summed E-state index contributed by atoms with van der Waals surface area (Å²) in [6, 6.07) is 28.0. The Bertz CT molecular complexity index is 3410. The maximum atomic E-state index is 14.6. The lowest BCUT2D eigenvalue weighted by atomic mass is 9.91. The number of aliphatic imine (C=N–C) groups is 1. The van der Waals surface area contributed by atoms with Gasteiger partial charge in [0.25, 0.3) is 5.91 Å². The second kappa shape index (κ2) is 35.4. The van der Waals surface area contributed by atoms with Gasteiger partial charge in [-0.1, -0.05) is 48.9 Å². The number of hydrogen-bond acceptors (Lipinski definition) is 19. The molecule has 0 bridgehead atoms. The second-order valence-corrected chi connectivity index (χ2v) is 22.1. The van der Waals surface area contributed by atoms with E-state index in [-0.39, 0.29) is 50.5 Å². The number of benzene rings is 5. The monoisotopic (exact) mass is 1290 g/mol. The summed E-state index contributed by atoms with van der Waals surface area (Å²) in [6.45, 7) is 7.03. The van der Waals surface area contributed by atoms with Crippen molar-refractivity contribution in [2.24, 2.45) is 4.99 Å². The average Bonchev–Trinajstić information content (AvgIpc) is 1.58. The zero-order valence-corrected chi connectivity index (χ0v) is 54.4. The van der Waals surface area contributed by atoms with Gasteiger partial charge >= 0.3 is 5.97 Å². The number of ether oxygens (including phenoxy) is 12. The van der Waals surface area contributed by atoms with Gasteiger partial charge in [-0.15, -0.1) is 10.2 Å². The molecule has 1 saturated heterocycles. The van der Waals surface area contributed by atoms with E-state index in [9.17, 15) is 19.2 Å². The zero-order chi connectivity index (χ0) is 65.4. The fourth-order valence-electron chi connectivity index (χ4n) is 11.1. The Labute approximate surface area is 542 Å². The van der Waals surface area contributed by atoms with Crippen molar-refractivity contribution in [3.63, 3.8) is 0 Å². The van der Waals surface area contributed by atoms with Crippen LogP contribution in [0.3, 0.4) is 0 Å². The number of likely N-dealkylation sites (tertiary alicyclic amines) is 1. The highest BCUT2D eigenvalue weighted by molar-refractivity contribution is 6.30. The van der Waals surface area contributed by atoms with Crippen LogP contribution in [-0.2, 0) is 49.3 Å². The summed E-state index contributed by atoms with van der Waals surface area (Å²) < 4.78 is 70.3. The largest absolute Gasteiger partial charge is 0.497 e. The van der Waals surface area contributed by atoms with Crippen LogP contribution in [-0.4, -0.2) is 177 Å². The molecular weight excluding hydrogens is 1210 g/mol. The van der Waals surface area contributed by atoms with E-state index in [0.717, 1.165) is 35.2 Å². The number of esters is 1. The Morgan fingerprint density at radius 3 is 1.96 bits per heavy atom. The Balaban J connectivity index is 0.726. The molecule has 0 unspecified atom stereocenters. The molecule has 2 aliphatic rings. The van der Waals surface area contributed by atoms with E-state index >= 15 is 0 Å². The zero-order valence-electron chi connectivity index (χ0n) is 53.6. The van der Waals surface area contributed by atoms with Gasteiger partial charge in [-0.3, -0.25) is 23.9 Å². The predicted octanol–water partition coefficient (Wildman–Crippen LogP) is 8.73. The van der Waals surface area contributed by atoms with Crippen molar-refractivity contribution >= 4 is 41.0 Å². The standard InChI is InChI=1S/C68H84ClN7O16/c1-9-52(48-39-60(84-6)65(86-8)61(40-48)85-7)67(79)75-28-11-10-15-56(75)68(80)92-57(24-16-45-17-25-58(82-4)59(37-45)83-5)47-13-12-14-51(38-47)91-43-63(78)71-27-30-88-32-34-90-36-35-89-33-31-87-29-26-70-62(77)42-54-66-74-73-44(2)76(66)55-23-22-50(81-3)41-53(55)64(72-54)46-18-20-49(69)21-19-46/h12-14,17-23,25,37-41,52,54,56-57H,9-11,15-16,24,26-36,42-43H2,1-8H3,(H,70,77)(H,71,78)/t52-,54-,56-,57+/m0/s1. The smallest absolute Gasteiger partial charge is 0.329 e. The Morgan fingerprint density at radius 1 is 0.652 bits per heavy atom. The molecule has 494 valence electrons. The van der Waals surface area contributed by atoms with Crippen LogP contribution in [0, 0.1) is 6.92 Å². The third-order valence-electron chi connectivity index (χ3n) is 15.7. The lowest BCUT2D eigenvalue weighted by Crippen LogP contribution is -2.50. The number of piperidine rings is 1. The van der Waals surface area contributed by atoms with Crippen LogP contribution in [0.5, 0.6) is 40.2 Å². The van der Waals surface area contributed by atoms with Crippen molar-refractivity contribution in [3.05, 3.63) is 142 Å². The minimum Gasteiger partial charge on any atom is -0.497 e. The fraction of sp³-hybridized carbons (Fsp3) is 0.456. The van der Waals surface area contributed by atoms with Gasteiger partial charge in [-0.25, -0.2) is 4.79 Å². The number of rotatable bonds is 36. The molecule has 1 fully saturated rings. The maximum absolute atomic E-state index is 14.6. The highest BCUT2D eigenvalue weighted by Gasteiger charge is 2.38. The number of fused-ring (bicyclic) bond motifs is 3. The summed E-state index contributed by atoms with van der Waals surface area (Å²) in [5, 5.41) is 15.1. The summed E-state index contributed by atoms with van der Waals surface area (Å²) in [5.41, 5.74) is 5.41. The van der Waals surface area contributed by atoms with Crippen molar-refractivity contribution in [3.8, 4) is 45.9 Å². The molecule has 1 aromatic heterocycles. The molecule has 2 aliphatic heterocycles. The van der Waals surface area contributed by atoms with Crippen LogP contribution in [0.15, 0.2) is 102 Å². The van der Waals surface area contributed by atoms with Crippen molar-refractivity contribution in [2.45, 2.75) is 82.9 Å². The van der Waals surface area contributed by atoms with Crippen molar-refractivity contribution in [1.82, 2.24) is 30.3 Å². The highest BCUT2D eigenvalue weighted by Crippen LogP contribution is 2.42. The van der Waals surface area contributed by atoms with Crippen LogP contribution in [0.25, 0.3) is 5.69 Å². The Morgan fingerprint density at radius 2 is 1.32 bits per heavy atom. The van der Waals surface area contributed by atoms with Gasteiger partial charge in [0, 0.05) is 35.8 Å². The van der Waals surface area contributed by atoms with Gasteiger partial charge in [-0.05, 0) is 129 Å². The quantitative estimate of drug-likeness (QED) is 0.0275. The van der Waals surface area contributed by atoms with Crippen LogP contribution in [0.4, 0.5) is 0 Å². The number of carbonyl (C=O) groups is 4. The molecule has 8 rings (SSSR count). The first-order valence-electron chi connectivity index (χ1n) is 30.8. The molecule has 3 heterocycles. The van der Waals surface area contributed by atoms with E-state index in [1.165, 1.54) is 21.3 Å². The van der Waals surface area contributed by atoms with Crippen LogP contribution in [0.2, 0.25) is 5.02 Å². The number of nitrogens with one attached hydrogen (secondary N) is 2. The lowest BCUT2D eigenvalue weighted by Gasteiger charge is -2.37. The first kappa shape index (κ1) is 69.4. The normalized spacial score (nSPS) is 14.9. The summed E-state index contributed by atoms with van der Waals surface area (Å²) in [6.07, 6.45) is 2.54. The number of carbonyl (C=O) groups excluding carboxylic acids is 4. The number of amides is 3. The van der Waals surface area contributed by atoms with E-state index < -0.39 is 30.1 Å². The predicted molar refractivity (Wildman–Crippen MR) is 344 cm³/mol. The number of aromatic nitrogens is 3. The number of hydrogen-bond donors (Lipinski definition) is 2. The molecule has 0 spiro atoms. The lowest BCUT2D eigenvalue weighted by molar-refractivity contribution is -0.162. The third-order valence-corrected chi connectivity index (χ3v) is 16.0. The topological polar surface area (TPSA) is 249 Å². The summed E-state index contributed by atoms with van der Waals surface area (Å²) >= 11 is 6.24. The molecule has 4 atom stereocenters. The molecule has 0 aliphatic carbocycles. The van der Waals surface area contributed by atoms with E-state index in [4.69, 9.17) is 73.4 Å². The van der Waals surface area contributed by atoms with E-state index in [0.29, 0.717) is 152 Å².